The van der Waals surface area contributed by atoms with E-state index in [2.05, 4.69) is 63.3 Å². The molecule has 4 aromatic carbocycles. The van der Waals surface area contributed by atoms with Crippen LogP contribution in [-0.2, 0) is 13.2 Å². The predicted molar refractivity (Wildman–Crippen MR) is 171 cm³/mol. The molecule has 0 unspecified atom stereocenters. The molecule has 0 saturated carbocycles. The van der Waals surface area contributed by atoms with Crippen LogP contribution >= 0.6 is 27.2 Å². The van der Waals surface area contributed by atoms with Gasteiger partial charge in [-0.1, -0.05) is 72.8 Å². The SMILES string of the molecule is O=C(Nc1ccccc1)c1ccc(-c2nn[nH]n2)cc1.[2HH].[Br][Zn][Br].[C-]#[N+]c1ccc(C(=O)Nc2ccccc2)cc1.[N-]=[N+]=[N-].[Na+]. The zero-order valence-corrected chi connectivity index (χ0v) is 31.4. The van der Waals surface area contributed by atoms with Gasteiger partial charge in [-0.05, 0) is 41.6 Å². The van der Waals surface area contributed by atoms with Crippen molar-refractivity contribution in [3.05, 3.63) is 148 Å². The van der Waals surface area contributed by atoms with Gasteiger partial charge in [0.15, 0.2) is 5.69 Å². The summed E-state index contributed by atoms with van der Waals surface area (Å²) in [6.07, 6.45) is 0. The fourth-order valence-electron chi connectivity index (χ4n) is 3.19. The van der Waals surface area contributed by atoms with Gasteiger partial charge < -0.3 is 21.7 Å². The first-order chi connectivity index (χ1) is 20.9. The number of aromatic amines is 1. The van der Waals surface area contributed by atoms with Gasteiger partial charge in [0.1, 0.15) is 0 Å². The van der Waals surface area contributed by atoms with E-state index in [1.807, 2.05) is 60.7 Å². The molecule has 1 heterocycles. The molecule has 0 aliphatic carbocycles. The maximum absolute atomic E-state index is 12.1. The molecule has 2 amide bonds. The van der Waals surface area contributed by atoms with Crippen LogP contribution in [0.5, 0.6) is 0 Å². The molecule has 0 atom stereocenters. The van der Waals surface area contributed by atoms with E-state index in [9.17, 15) is 9.59 Å². The first-order valence-electron chi connectivity index (χ1n) is 12.1. The molecule has 0 saturated heterocycles. The molecule has 12 nitrogen and oxygen atoms in total. The van der Waals surface area contributed by atoms with Gasteiger partial charge in [0.05, 0.1) is 6.57 Å². The summed E-state index contributed by atoms with van der Waals surface area (Å²) in [4.78, 5) is 28.6. The van der Waals surface area contributed by atoms with Crippen LogP contribution in [0.4, 0.5) is 17.1 Å². The molecule has 0 aliphatic rings. The normalized spacial score (nSPS) is 8.66. The summed E-state index contributed by atoms with van der Waals surface area (Å²) in [5.41, 5.74) is 17.5. The van der Waals surface area contributed by atoms with Crippen LogP contribution in [-0.4, -0.2) is 32.4 Å². The van der Waals surface area contributed by atoms with E-state index >= 15 is 0 Å². The molecule has 3 N–H and O–H groups in total. The molecular weight excluding hydrogens is 757 g/mol. The zero-order chi connectivity index (χ0) is 31.3. The van der Waals surface area contributed by atoms with Crippen molar-refractivity contribution in [2.45, 2.75) is 0 Å². The van der Waals surface area contributed by atoms with Crippen LogP contribution in [0.1, 0.15) is 22.1 Å². The number of amides is 2. The van der Waals surface area contributed by atoms with Gasteiger partial charge in [0.25, 0.3) is 11.8 Å². The second-order valence-corrected chi connectivity index (χ2v) is 21.9. The number of aromatic nitrogens is 4. The number of nitrogens with one attached hydrogen (secondary N) is 3. The minimum absolute atomic E-state index is 0. The number of hydrogen-bond acceptors (Lipinski definition) is 5. The average Bonchev–Trinajstić information content (AvgIpc) is 3.59. The Morgan fingerprint density at radius 1 is 0.773 bits per heavy atom. The van der Waals surface area contributed by atoms with Crippen molar-refractivity contribution in [2.75, 3.05) is 10.6 Å². The van der Waals surface area contributed by atoms with Crippen molar-refractivity contribution in [1.82, 2.24) is 20.6 Å². The summed E-state index contributed by atoms with van der Waals surface area (Å²) in [6.45, 7) is 6.83. The van der Waals surface area contributed by atoms with E-state index in [0.29, 0.717) is 22.6 Å². The minimum atomic E-state index is -0.250. The van der Waals surface area contributed by atoms with Gasteiger partial charge in [-0.25, -0.2) is 4.85 Å². The Bertz CT molecular complexity index is 1620. The summed E-state index contributed by atoms with van der Waals surface area (Å²) < 4.78 is 0. The molecule has 0 spiro atoms. The number of nitrogens with zero attached hydrogens (tertiary/aromatic N) is 7. The summed E-state index contributed by atoms with van der Waals surface area (Å²) in [7, 11) is 0. The van der Waals surface area contributed by atoms with Gasteiger partial charge in [-0.15, -0.1) is 10.2 Å². The Kier molecular flexibility index (Phi) is 19.8. The maximum atomic E-state index is 12.1. The molecule has 5 rings (SSSR count). The van der Waals surface area contributed by atoms with Crippen LogP contribution in [0.25, 0.3) is 32.2 Å². The number of H-pyrrole nitrogens is 1. The van der Waals surface area contributed by atoms with Crippen molar-refractivity contribution < 1.29 is 53.8 Å². The molecule has 5 aromatic rings. The van der Waals surface area contributed by atoms with Gasteiger partial charge in [-0.2, -0.15) is 5.21 Å². The Balaban J connectivity index is 0.000000712. The van der Waals surface area contributed by atoms with E-state index < -0.39 is 0 Å². The van der Waals surface area contributed by atoms with Crippen LogP contribution in [0.3, 0.4) is 0 Å². The van der Waals surface area contributed by atoms with Crippen molar-refractivity contribution in [3.8, 4) is 11.4 Å². The van der Waals surface area contributed by atoms with E-state index in [1.165, 1.54) is 4.91 Å². The predicted octanol–water partition coefficient (Wildman–Crippen LogP) is 5.41. The zero-order valence-electron chi connectivity index (χ0n) is 23.3. The van der Waals surface area contributed by atoms with Gasteiger partial charge >= 0.3 is 70.0 Å². The third-order valence-corrected chi connectivity index (χ3v) is 5.07. The number of para-hydroxylation sites is 2. The number of rotatable bonds is 5. The number of halogens is 2. The van der Waals surface area contributed by atoms with Crippen LogP contribution in [0.2, 0.25) is 0 Å². The molecule has 214 valence electrons. The van der Waals surface area contributed by atoms with E-state index in [4.69, 9.17) is 17.6 Å². The Hall–Kier alpha value is -3.73. The Morgan fingerprint density at radius 2 is 1.18 bits per heavy atom. The van der Waals surface area contributed by atoms with Gasteiger partial charge in [-0.3, -0.25) is 14.5 Å². The molecule has 1 aromatic heterocycles. The number of carbonyl (C=O) groups excluding carboxylic acids is 2. The van der Waals surface area contributed by atoms with Gasteiger partial charge in [0.2, 0.25) is 5.82 Å². The number of carbonyl (C=O) groups is 2. The Morgan fingerprint density at radius 3 is 1.55 bits per heavy atom. The topological polar surface area (TPSA) is 176 Å². The standard InChI is InChI=1S/C14H11N5O.C14H10N2O.2BrH.N3.Na.Zn.H2/c20-14(15-12-4-2-1-3-5-12)11-8-6-10(7-9-11)13-16-18-19-17-13;1-15-12-9-7-11(8-10-12)14(17)16-13-5-3-2-4-6-13;;;1-3-2;;;/h1-9H,(H,15,20)(H,16,17,18,19);2-10H,(H,16,17);2*1H;;;;1H/q;;;;-1;+1;+2;/p-2/i;;;;;;;1+1. The van der Waals surface area contributed by atoms with Crippen molar-refractivity contribution in [1.29, 1.82) is 0 Å². The molecule has 0 fully saturated rings. The second kappa shape index (κ2) is 22.8. The fourth-order valence-corrected chi connectivity index (χ4v) is 3.19. The van der Waals surface area contributed by atoms with E-state index in [0.717, 1.165) is 16.9 Å². The van der Waals surface area contributed by atoms with E-state index in [-0.39, 0.29) is 56.0 Å². The van der Waals surface area contributed by atoms with Crippen molar-refractivity contribution in [3.63, 3.8) is 0 Å². The second-order valence-electron chi connectivity index (χ2n) is 7.80. The third kappa shape index (κ3) is 14.2. The van der Waals surface area contributed by atoms with Crippen molar-refractivity contribution in [2.24, 2.45) is 0 Å². The Labute approximate surface area is 297 Å². The molecule has 16 heteroatoms. The number of anilines is 2. The maximum Gasteiger partial charge on any atom is 1.00 e. The average molecular weight is 781 g/mol. The summed E-state index contributed by atoms with van der Waals surface area (Å²) in [6, 6.07) is 32.1. The number of tetrazole rings is 1. The molecule has 0 bridgehead atoms. The quantitative estimate of drug-likeness (QED) is 0.0710. The smallest absolute Gasteiger partial charge is 0.373 e. The van der Waals surface area contributed by atoms with Crippen LogP contribution < -0.4 is 40.2 Å². The molecule has 0 radical (unpaired) electrons. The first-order valence-corrected chi connectivity index (χ1v) is 26.0. The van der Waals surface area contributed by atoms with Crippen LogP contribution in [0.15, 0.2) is 109 Å². The van der Waals surface area contributed by atoms with E-state index in [1.54, 1.807) is 48.5 Å². The van der Waals surface area contributed by atoms with Crippen molar-refractivity contribution >= 4 is 56.1 Å². The fraction of sp³-hybridized carbons (Fsp3) is 0. The monoisotopic (exact) mass is 777 g/mol. The third-order valence-electron chi connectivity index (χ3n) is 5.07. The molecular formula is C28H23Br2N10NaO2Zn. The summed E-state index contributed by atoms with van der Waals surface area (Å²) in [5.74, 6) is 0.170. The van der Waals surface area contributed by atoms with Crippen LogP contribution in [0, 0.1) is 6.57 Å². The summed E-state index contributed by atoms with van der Waals surface area (Å²) >= 11 is 6.25. The number of hydrogen-bond donors (Lipinski definition) is 3. The van der Waals surface area contributed by atoms with Gasteiger partial charge in [0, 0.05) is 29.5 Å². The number of benzene rings is 4. The molecule has 44 heavy (non-hydrogen) atoms. The first kappa shape index (κ1) is 38.3. The molecule has 0 aliphatic heterocycles. The minimum Gasteiger partial charge on any atom is -0.373 e. The summed E-state index contributed by atoms with van der Waals surface area (Å²) in [5, 5.41) is 19.2. The largest absolute Gasteiger partial charge is 1.00 e.